The number of ether oxygens (including phenoxy) is 1. The first-order valence-electron chi connectivity index (χ1n) is 8.67. The number of hydrogen-bond donors (Lipinski definition) is 1. The number of rotatable bonds is 4. The third kappa shape index (κ3) is 3.32. The van der Waals surface area contributed by atoms with Crippen LogP contribution in [0.25, 0.3) is 0 Å². The van der Waals surface area contributed by atoms with Gasteiger partial charge in [-0.1, -0.05) is 18.2 Å². The average molecular weight is 372 g/mol. The molecule has 1 saturated heterocycles. The Morgan fingerprint density at radius 2 is 1.77 bits per heavy atom. The Morgan fingerprint density at radius 3 is 2.50 bits per heavy atom. The minimum atomic E-state index is -3.56. The van der Waals surface area contributed by atoms with E-state index in [1.54, 1.807) is 18.2 Å². The molecule has 136 valence electrons. The summed E-state index contributed by atoms with van der Waals surface area (Å²) >= 11 is 0. The first kappa shape index (κ1) is 17.1. The number of piperidine rings is 1. The van der Waals surface area contributed by atoms with Crippen LogP contribution < -0.4 is 10.1 Å². The van der Waals surface area contributed by atoms with Crippen LogP contribution in [0.15, 0.2) is 53.4 Å². The van der Waals surface area contributed by atoms with Gasteiger partial charge in [0, 0.05) is 18.8 Å². The van der Waals surface area contributed by atoms with Crippen molar-refractivity contribution in [3.05, 3.63) is 54.1 Å². The number of nitrogens with zero attached hydrogens (tertiary/aromatic N) is 1. The van der Waals surface area contributed by atoms with Crippen LogP contribution in [0.2, 0.25) is 0 Å². The van der Waals surface area contributed by atoms with Crippen molar-refractivity contribution in [2.24, 2.45) is 0 Å². The van der Waals surface area contributed by atoms with Crippen LogP contribution in [-0.4, -0.2) is 37.8 Å². The number of para-hydroxylation sites is 1. The molecule has 2 heterocycles. The Hall–Kier alpha value is -2.38. The molecule has 26 heavy (non-hydrogen) atoms. The molecule has 0 unspecified atom stereocenters. The molecule has 0 aromatic heterocycles. The summed E-state index contributed by atoms with van der Waals surface area (Å²) in [5, 5.41) is 2.72. The second-order valence-electron chi connectivity index (χ2n) is 6.58. The zero-order valence-electron chi connectivity index (χ0n) is 14.2. The molecule has 6 nitrogen and oxygen atoms in total. The van der Waals surface area contributed by atoms with Crippen molar-refractivity contribution in [2.45, 2.75) is 30.3 Å². The topological polar surface area (TPSA) is 75.7 Å². The van der Waals surface area contributed by atoms with Crippen LogP contribution in [0, 0.1) is 0 Å². The Kier molecular flexibility index (Phi) is 4.42. The lowest BCUT2D eigenvalue weighted by Crippen LogP contribution is -2.41. The van der Waals surface area contributed by atoms with Gasteiger partial charge in [0.25, 0.3) is 0 Å². The van der Waals surface area contributed by atoms with Gasteiger partial charge in [-0.3, -0.25) is 4.79 Å². The van der Waals surface area contributed by atoms with Gasteiger partial charge in [-0.2, -0.15) is 4.31 Å². The molecule has 2 aromatic rings. The molecule has 2 aliphatic rings. The molecule has 0 radical (unpaired) electrons. The number of anilines is 1. The first-order chi connectivity index (χ1) is 12.5. The number of carbonyl (C=O) groups is 1. The molecule has 1 fully saturated rings. The van der Waals surface area contributed by atoms with Crippen LogP contribution in [0.3, 0.4) is 0 Å². The van der Waals surface area contributed by atoms with Gasteiger partial charge in [0.05, 0.1) is 11.3 Å². The molecule has 0 spiro atoms. The number of nitrogens with one attached hydrogen (secondary N) is 1. The highest BCUT2D eigenvalue weighted by Crippen LogP contribution is 2.29. The predicted octanol–water partition coefficient (Wildman–Crippen LogP) is 2.41. The largest absolute Gasteiger partial charge is 0.490 e. The van der Waals surface area contributed by atoms with Crippen molar-refractivity contribution >= 4 is 21.6 Å². The fourth-order valence-electron chi connectivity index (χ4n) is 3.40. The van der Waals surface area contributed by atoms with Crippen molar-refractivity contribution in [1.82, 2.24) is 4.31 Å². The monoisotopic (exact) mass is 372 g/mol. The van der Waals surface area contributed by atoms with E-state index in [1.165, 1.54) is 4.31 Å². The average Bonchev–Trinajstić information content (AvgIpc) is 3.02. The second-order valence-corrected chi connectivity index (χ2v) is 8.52. The normalized spacial score (nSPS) is 18.4. The second kappa shape index (κ2) is 6.74. The molecule has 0 saturated carbocycles. The zero-order valence-corrected chi connectivity index (χ0v) is 15.0. The van der Waals surface area contributed by atoms with Gasteiger partial charge in [0.15, 0.2) is 0 Å². The minimum absolute atomic E-state index is 0.0192. The number of fused-ring (bicyclic) bond motifs is 1. The quantitative estimate of drug-likeness (QED) is 0.894. The summed E-state index contributed by atoms with van der Waals surface area (Å²) < 4.78 is 33.3. The Morgan fingerprint density at radius 1 is 1.04 bits per heavy atom. The molecular formula is C19H20N2O4S. The maximum absolute atomic E-state index is 12.9. The van der Waals surface area contributed by atoms with Crippen molar-refractivity contribution in [3.63, 3.8) is 0 Å². The van der Waals surface area contributed by atoms with E-state index in [0.29, 0.717) is 31.6 Å². The number of sulfonamides is 1. The number of carbonyl (C=O) groups excluding carboxylic acids is 1. The van der Waals surface area contributed by atoms with Crippen molar-refractivity contribution in [1.29, 1.82) is 0 Å². The number of hydrogen-bond acceptors (Lipinski definition) is 4. The summed E-state index contributed by atoms with van der Waals surface area (Å²) in [6, 6.07) is 14.4. The molecule has 0 atom stereocenters. The summed E-state index contributed by atoms with van der Waals surface area (Å²) in [6.07, 6.45) is 1.55. The van der Waals surface area contributed by atoms with E-state index in [-0.39, 0.29) is 23.3 Å². The molecule has 0 bridgehead atoms. The lowest BCUT2D eigenvalue weighted by molar-refractivity contribution is -0.115. The molecule has 4 rings (SSSR count). The standard InChI is InChI=1S/C19H20N2O4S/c22-19-13-14-12-17(6-7-18(14)20-19)26(23,24)21-10-8-16(9-11-21)25-15-4-2-1-3-5-15/h1-7,12,16H,8-11,13H2,(H,20,22). The summed E-state index contributed by atoms with van der Waals surface area (Å²) in [4.78, 5) is 11.7. The van der Waals surface area contributed by atoms with E-state index in [4.69, 9.17) is 4.74 Å². The molecule has 2 aliphatic heterocycles. The highest BCUT2D eigenvalue weighted by atomic mass is 32.2. The van der Waals surface area contributed by atoms with E-state index in [1.807, 2.05) is 30.3 Å². The number of benzene rings is 2. The maximum atomic E-state index is 12.9. The van der Waals surface area contributed by atoms with E-state index < -0.39 is 10.0 Å². The molecule has 0 aliphatic carbocycles. The van der Waals surface area contributed by atoms with Crippen molar-refractivity contribution < 1.29 is 17.9 Å². The Bertz CT molecular complexity index is 920. The van der Waals surface area contributed by atoms with E-state index >= 15 is 0 Å². The van der Waals surface area contributed by atoms with E-state index in [2.05, 4.69) is 5.32 Å². The van der Waals surface area contributed by atoms with Gasteiger partial charge >= 0.3 is 0 Å². The smallest absolute Gasteiger partial charge is 0.243 e. The summed E-state index contributed by atoms with van der Waals surface area (Å²) in [5.41, 5.74) is 1.43. The molecule has 1 amide bonds. The fourth-order valence-corrected chi connectivity index (χ4v) is 4.92. The van der Waals surface area contributed by atoms with E-state index in [9.17, 15) is 13.2 Å². The van der Waals surface area contributed by atoms with E-state index in [0.717, 1.165) is 11.3 Å². The summed E-state index contributed by atoms with van der Waals surface area (Å²) in [6.45, 7) is 0.849. The number of amides is 1. The maximum Gasteiger partial charge on any atom is 0.243 e. The molecule has 1 N–H and O–H groups in total. The predicted molar refractivity (Wildman–Crippen MR) is 97.6 cm³/mol. The fraction of sp³-hybridized carbons (Fsp3) is 0.316. The summed E-state index contributed by atoms with van der Waals surface area (Å²) in [7, 11) is -3.56. The molecule has 7 heteroatoms. The van der Waals surface area contributed by atoms with Crippen LogP contribution >= 0.6 is 0 Å². The van der Waals surface area contributed by atoms with Crippen LogP contribution in [0.4, 0.5) is 5.69 Å². The van der Waals surface area contributed by atoms with Crippen LogP contribution in [-0.2, 0) is 21.2 Å². The SMILES string of the molecule is O=C1Cc2cc(S(=O)(=O)N3CCC(Oc4ccccc4)CC3)ccc2N1. The lowest BCUT2D eigenvalue weighted by atomic mass is 10.1. The van der Waals surface area contributed by atoms with Gasteiger partial charge in [-0.05, 0) is 48.7 Å². The Balaban J connectivity index is 1.44. The van der Waals surface area contributed by atoms with Crippen LogP contribution in [0.5, 0.6) is 5.75 Å². The highest BCUT2D eigenvalue weighted by Gasteiger charge is 2.31. The molecule has 2 aromatic carbocycles. The van der Waals surface area contributed by atoms with Crippen LogP contribution in [0.1, 0.15) is 18.4 Å². The van der Waals surface area contributed by atoms with Gasteiger partial charge < -0.3 is 10.1 Å². The minimum Gasteiger partial charge on any atom is -0.490 e. The molecular weight excluding hydrogens is 352 g/mol. The van der Waals surface area contributed by atoms with Gasteiger partial charge in [-0.25, -0.2) is 8.42 Å². The zero-order chi connectivity index (χ0) is 18.1. The third-order valence-electron chi connectivity index (χ3n) is 4.79. The van der Waals surface area contributed by atoms with Gasteiger partial charge in [-0.15, -0.1) is 0 Å². The van der Waals surface area contributed by atoms with Crippen molar-refractivity contribution in [3.8, 4) is 5.75 Å². The first-order valence-corrected chi connectivity index (χ1v) is 10.1. The van der Waals surface area contributed by atoms with Gasteiger partial charge in [0.2, 0.25) is 15.9 Å². The third-order valence-corrected chi connectivity index (χ3v) is 6.68. The van der Waals surface area contributed by atoms with Crippen molar-refractivity contribution in [2.75, 3.05) is 18.4 Å². The van der Waals surface area contributed by atoms with Gasteiger partial charge in [0.1, 0.15) is 11.9 Å². The Labute approximate surface area is 152 Å². The summed E-state index contributed by atoms with van der Waals surface area (Å²) in [5.74, 6) is 0.706. The lowest BCUT2D eigenvalue weighted by Gasteiger charge is -2.31. The highest BCUT2D eigenvalue weighted by molar-refractivity contribution is 7.89.